The van der Waals surface area contributed by atoms with E-state index in [1.54, 1.807) is 6.08 Å². The van der Waals surface area contributed by atoms with Gasteiger partial charge in [-0.15, -0.1) is 0 Å². The zero-order valence-corrected chi connectivity index (χ0v) is 11.2. The Balaban J connectivity index is 1.91. The molecule has 1 aliphatic heterocycles. The summed E-state index contributed by atoms with van der Waals surface area (Å²) < 4.78 is 26.2. The average molecular weight is 266 g/mol. The van der Waals surface area contributed by atoms with Gasteiger partial charge in [0.2, 0.25) is 0 Å². The minimum Gasteiger partial charge on any atom is -0.330 e. The highest BCUT2D eigenvalue weighted by atomic mass is 19.1. The van der Waals surface area contributed by atoms with Gasteiger partial charge in [-0.1, -0.05) is 19.1 Å². The van der Waals surface area contributed by atoms with E-state index in [4.69, 9.17) is 5.73 Å². The van der Waals surface area contributed by atoms with Gasteiger partial charge in [-0.3, -0.25) is 4.90 Å². The van der Waals surface area contributed by atoms with Crippen LogP contribution in [0.25, 0.3) is 6.08 Å². The minimum absolute atomic E-state index is 0.203. The first-order valence-electron chi connectivity index (χ1n) is 6.56. The summed E-state index contributed by atoms with van der Waals surface area (Å²) in [5.41, 5.74) is 6.38. The standard InChI is InChI=1S/C15H20F2N2/c1-15(10-18)6-8-19(11-15)7-2-3-12-4-5-13(16)9-14(12)17/h2-5,9H,6-8,10-11,18H2,1H3/b3-2+. The van der Waals surface area contributed by atoms with Crippen LogP contribution in [0, 0.1) is 17.0 Å². The molecule has 0 amide bonds. The molecule has 0 saturated carbocycles. The van der Waals surface area contributed by atoms with Crippen molar-refractivity contribution in [2.75, 3.05) is 26.2 Å². The molecule has 2 N–H and O–H groups in total. The van der Waals surface area contributed by atoms with E-state index in [-0.39, 0.29) is 5.41 Å². The van der Waals surface area contributed by atoms with E-state index in [1.165, 1.54) is 12.1 Å². The maximum absolute atomic E-state index is 13.4. The number of halogens is 2. The topological polar surface area (TPSA) is 29.3 Å². The van der Waals surface area contributed by atoms with Gasteiger partial charge in [0.1, 0.15) is 11.6 Å². The quantitative estimate of drug-likeness (QED) is 0.907. The van der Waals surface area contributed by atoms with Crippen LogP contribution < -0.4 is 5.73 Å². The zero-order valence-electron chi connectivity index (χ0n) is 11.2. The Hall–Kier alpha value is -1.26. The Kier molecular flexibility index (Phi) is 4.32. The summed E-state index contributed by atoms with van der Waals surface area (Å²) in [6, 6.07) is 3.63. The first kappa shape index (κ1) is 14.2. The monoisotopic (exact) mass is 266 g/mol. The van der Waals surface area contributed by atoms with Gasteiger partial charge in [0.15, 0.2) is 0 Å². The molecule has 1 fully saturated rings. The maximum Gasteiger partial charge on any atom is 0.133 e. The highest BCUT2D eigenvalue weighted by Crippen LogP contribution is 2.28. The molecule has 0 aromatic heterocycles. The third-order valence-electron chi connectivity index (χ3n) is 3.75. The van der Waals surface area contributed by atoms with Gasteiger partial charge < -0.3 is 5.73 Å². The lowest BCUT2D eigenvalue weighted by atomic mass is 9.90. The third kappa shape index (κ3) is 3.61. The second kappa shape index (κ2) is 5.80. The minimum atomic E-state index is -0.548. The summed E-state index contributed by atoms with van der Waals surface area (Å²) in [5, 5.41) is 0. The molecule has 0 spiro atoms. The Morgan fingerprint density at radius 2 is 2.21 bits per heavy atom. The molecule has 1 aromatic carbocycles. The van der Waals surface area contributed by atoms with Crippen molar-refractivity contribution in [1.29, 1.82) is 0 Å². The lowest BCUT2D eigenvalue weighted by Gasteiger charge is -2.21. The van der Waals surface area contributed by atoms with Crippen molar-refractivity contribution < 1.29 is 8.78 Å². The number of benzene rings is 1. The normalized spacial score (nSPS) is 24.4. The van der Waals surface area contributed by atoms with Gasteiger partial charge in [0.25, 0.3) is 0 Å². The number of hydrogen-bond donors (Lipinski definition) is 1. The molecule has 1 heterocycles. The van der Waals surface area contributed by atoms with Gasteiger partial charge >= 0.3 is 0 Å². The van der Waals surface area contributed by atoms with Gasteiger partial charge in [-0.25, -0.2) is 8.78 Å². The van der Waals surface area contributed by atoms with Crippen molar-refractivity contribution in [2.45, 2.75) is 13.3 Å². The Morgan fingerprint density at radius 3 is 2.84 bits per heavy atom. The van der Waals surface area contributed by atoms with E-state index in [2.05, 4.69) is 11.8 Å². The summed E-state index contributed by atoms with van der Waals surface area (Å²) in [6.07, 6.45) is 4.72. The molecule has 1 unspecified atom stereocenters. The fourth-order valence-corrected chi connectivity index (χ4v) is 2.41. The van der Waals surface area contributed by atoms with Crippen LogP contribution in [0.2, 0.25) is 0 Å². The van der Waals surface area contributed by atoms with Crippen LogP contribution >= 0.6 is 0 Å². The molecule has 2 nitrogen and oxygen atoms in total. The number of nitrogens with two attached hydrogens (primary N) is 1. The second-order valence-electron chi connectivity index (χ2n) is 5.57. The van der Waals surface area contributed by atoms with Crippen LogP contribution in [0.1, 0.15) is 18.9 Å². The molecule has 1 aliphatic rings. The van der Waals surface area contributed by atoms with E-state index >= 15 is 0 Å². The number of nitrogens with zero attached hydrogens (tertiary/aromatic N) is 1. The largest absolute Gasteiger partial charge is 0.330 e. The average Bonchev–Trinajstić information content (AvgIpc) is 2.75. The summed E-state index contributed by atoms with van der Waals surface area (Å²) in [7, 11) is 0. The van der Waals surface area contributed by atoms with Gasteiger partial charge in [0.05, 0.1) is 0 Å². The summed E-state index contributed by atoms with van der Waals surface area (Å²) in [6.45, 7) is 5.65. The molecule has 0 bridgehead atoms. The fraction of sp³-hybridized carbons (Fsp3) is 0.467. The Morgan fingerprint density at radius 1 is 1.42 bits per heavy atom. The van der Waals surface area contributed by atoms with Crippen molar-refractivity contribution in [3.63, 3.8) is 0 Å². The van der Waals surface area contributed by atoms with Crippen LogP contribution in [0.5, 0.6) is 0 Å². The molecule has 104 valence electrons. The van der Waals surface area contributed by atoms with Crippen LogP contribution in [0.4, 0.5) is 8.78 Å². The van der Waals surface area contributed by atoms with Crippen molar-refractivity contribution in [3.8, 4) is 0 Å². The zero-order chi connectivity index (χ0) is 13.9. The first-order chi connectivity index (χ1) is 9.02. The maximum atomic E-state index is 13.4. The SMILES string of the molecule is CC1(CN)CCN(C/C=C/c2ccc(F)cc2F)C1. The molecule has 1 aromatic rings. The van der Waals surface area contributed by atoms with E-state index in [0.717, 1.165) is 32.1 Å². The number of likely N-dealkylation sites (tertiary alicyclic amines) is 1. The van der Waals surface area contributed by atoms with Crippen molar-refractivity contribution in [2.24, 2.45) is 11.1 Å². The molecular weight excluding hydrogens is 246 g/mol. The van der Waals surface area contributed by atoms with E-state index in [1.807, 2.05) is 6.08 Å². The van der Waals surface area contributed by atoms with Crippen LogP contribution in [-0.2, 0) is 0 Å². The van der Waals surface area contributed by atoms with Crippen LogP contribution in [-0.4, -0.2) is 31.1 Å². The van der Waals surface area contributed by atoms with Gasteiger partial charge in [0, 0.05) is 24.7 Å². The smallest absolute Gasteiger partial charge is 0.133 e. The molecule has 0 aliphatic carbocycles. The third-order valence-corrected chi connectivity index (χ3v) is 3.75. The predicted molar refractivity (Wildman–Crippen MR) is 73.6 cm³/mol. The van der Waals surface area contributed by atoms with Gasteiger partial charge in [-0.05, 0) is 37.1 Å². The highest BCUT2D eigenvalue weighted by molar-refractivity contribution is 5.50. The summed E-state index contributed by atoms with van der Waals surface area (Å²) in [5.74, 6) is -1.07. The molecule has 1 atom stereocenters. The van der Waals surface area contributed by atoms with E-state index < -0.39 is 11.6 Å². The molecule has 2 rings (SSSR count). The summed E-state index contributed by atoms with van der Waals surface area (Å²) in [4.78, 5) is 2.30. The Labute approximate surface area is 112 Å². The number of rotatable bonds is 4. The van der Waals surface area contributed by atoms with E-state index in [9.17, 15) is 8.78 Å². The lowest BCUT2D eigenvalue weighted by Crippen LogP contribution is -2.31. The van der Waals surface area contributed by atoms with Gasteiger partial charge in [-0.2, -0.15) is 0 Å². The number of hydrogen-bond acceptors (Lipinski definition) is 2. The first-order valence-corrected chi connectivity index (χ1v) is 6.56. The lowest BCUT2D eigenvalue weighted by molar-refractivity contribution is 0.300. The van der Waals surface area contributed by atoms with Crippen molar-refractivity contribution in [3.05, 3.63) is 41.5 Å². The molecule has 1 saturated heterocycles. The van der Waals surface area contributed by atoms with Crippen molar-refractivity contribution >= 4 is 6.08 Å². The van der Waals surface area contributed by atoms with E-state index in [0.29, 0.717) is 12.1 Å². The van der Waals surface area contributed by atoms with Crippen LogP contribution in [0.3, 0.4) is 0 Å². The van der Waals surface area contributed by atoms with Crippen molar-refractivity contribution in [1.82, 2.24) is 4.90 Å². The Bertz CT molecular complexity index is 473. The highest BCUT2D eigenvalue weighted by Gasteiger charge is 2.31. The second-order valence-corrected chi connectivity index (χ2v) is 5.57. The molecule has 19 heavy (non-hydrogen) atoms. The predicted octanol–water partition coefficient (Wildman–Crippen LogP) is 2.65. The molecular formula is C15H20F2N2. The van der Waals surface area contributed by atoms with Crippen LogP contribution in [0.15, 0.2) is 24.3 Å². The summed E-state index contributed by atoms with van der Waals surface area (Å²) >= 11 is 0. The fourth-order valence-electron chi connectivity index (χ4n) is 2.41. The molecule has 0 radical (unpaired) electrons. The molecule has 4 heteroatoms.